The van der Waals surface area contributed by atoms with Crippen LogP contribution in [0.2, 0.25) is 5.02 Å². The molecule has 2 aromatic carbocycles. The Balaban J connectivity index is 1.56. The summed E-state index contributed by atoms with van der Waals surface area (Å²) < 4.78 is 26.3. The number of hydrogen-bond donors (Lipinski definition) is 2. The number of sulfone groups is 1. The maximum absolute atomic E-state index is 12.2. The number of para-hydroxylation sites is 1. The van der Waals surface area contributed by atoms with Crippen LogP contribution in [0.25, 0.3) is 10.2 Å². The number of carbonyl (C=O) groups is 1. The summed E-state index contributed by atoms with van der Waals surface area (Å²) in [5.41, 5.74) is 5.98. The molecular weight excluding hydrogens is 462 g/mol. The number of aromatic nitrogens is 1. The third-order valence-corrected chi connectivity index (χ3v) is 7.01. The van der Waals surface area contributed by atoms with Crippen LogP contribution >= 0.6 is 38.9 Å². The van der Waals surface area contributed by atoms with E-state index in [1.165, 1.54) is 35.6 Å². The smallest absolute Gasteiger partial charge is 0.239 e. The molecular formula is C16H13BrClN3O3S2. The molecule has 0 aliphatic rings. The van der Waals surface area contributed by atoms with E-state index in [1.807, 2.05) is 18.2 Å². The zero-order valence-corrected chi connectivity index (χ0v) is 17.2. The summed E-state index contributed by atoms with van der Waals surface area (Å²) in [6, 6.07) is 11.5. The molecule has 0 aliphatic carbocycles. The zero-order valence-electron chi connectivity index (χ0n) is 13.2. The Labute approximate surface area is 167 Å². The van der Waals surface area contributed by atoms with Gasteiger partial charge in [-0.05, 0) is 52.3 Å². The molecule has 0 bridgehead atoms. The lowest BCUT2D eigenvalue weighted by atomic mass is 10.3. The average molecular weight is 475 g/mol. The number of fused-ring (bicyclic) bond motifs is 1. The molecule has 1 aromatic heterocycles. The molecule has 0 radical (unpaired) electrons. The third-order valence-electron chi connectivity index (χ3n) is 3.45. The van der Waals surface area contributed by atoms with Crippen LogP contribution in [0.4, 0.5) is 5.13 Å². The van der Waals surface area contributed by atoms with Crippen LogP contribution in [0.5, 0.6) is 0 Å². The van der Waals surface area contributed by atoms with Gasteiger partial charge >= 0.3 is 0 Å². The van der Waals surface area contributed by atoms with E-state index in [-0.39, 0.29) is 17.1 Å². The first-order valence-electron chi connectivity index (χ1n) is 7.43. The van der Waals surface area contributed by atoms with Gasteiger partial charge in [0.25, 0.3) is 0 Å². The second-order valence-corrected chi connectivity index (χ2v) is 9.73. The maximum Gasteiger partial charge on any atom is 0.239 e. The summed E-state index contributed by atoms with van der Waals surface area (Å²) in [6.07, 6.45) is -0.174. The number of rotatable bonds is 6. The van der Waals surface area contributed by atoms with Crippen molar-refractivity contribution in [2.75, 3.05) is 11.2 Å². The van der Waals surface area contributed by atoms with E-state index in [0.29, 0.717) is 10.2 Å². The van der Waals surface area contributed by atoms with E-state index in [1.54, 1.807) is 0 Å². The lowest BCUT2D eigenvalue weighted by molar-refractivity contribution is -0.120. The first kappa shape index (κ1) is 19.1. The van der Waals surface area contributed by atoms with Crippen molar-refractivity contribution in [3.63, 3.8) is 0 Å². The van der Waals surface area contributed by atoms with E-state index >= 15 is 0 Å². The summed E-state index contributed by atoms with van der Waals surface area (Å²) in [7, 11) is -3.55. The van der Waals surface area contributed by atoms with Crippen molar-refractivity contribution in [2.24, 2.45) is 0 Å². The van der Waals surface area contributed by atoms with E-state index in [4.69, 9.17) is 11.6 Å². The Morgan fingerprint density at radius 3 is 2.62 bits per heavy atom. The Morgan fingerprint density at radius 2 is 1.92 bits per heavy atom. The monoisotopic (exact) mass is 473 g/mol. The highest BCUT2D eigenvalue weighted by molar-refractivity contribution is 9.10. The minimum absolute atomic E-state index is 0.138. The summed E-state index contributed by atoms with van der Waals surface area (Å²) >= 11 is 10.5. The van der Waals surface area contributed by atoms with Gasteiger partial charge in [0.1, 0.15) is 0 Å². The van der Waals surface area contributed by atoms with Crippen LogP contribution in [0, 0.1) is 0 Å². The van der Waals surface area contributed by atoms with Crippen LogP contribution in [-0.4, -0.2) is 25.1 Å². The molecule has 0 saturated heterocycles. The van der Waals surface area contributed by atoms with Gasteiger partial charge in [0.05, 0.1) is 20.9 Å². The predicted molar refractivity (Wildman–Crippen MR) is 107 cm³/mol. The zero-order chi connectivity index (χ0) is 18.7. The minimum atomic E-state index is -3.55. The van der Waals surface area contributed by atoms with Crippen LogP contribution in [-0.2, 0) is 14.6 Å². The lowest BCUT2D eigenvalue weighted by Gasteiger charge is -2.06. The molecule has 26 heavy (non-hydrogen) atoms. The molecule has 0 saturated carbocycles. The summed E-state index contributed by atoms with van der Waals surface area (Å²) in [5.74, 6) is -0.742. The summed E-state index contributed by atoms with van der Waals surface area (Å²) in [6.45, 7) is 0. The minimum Gasteiger partial charge on any atom is -0.273 e. The van der Waals surface area contributed by atoms with Crippen molar-refractivity contribution in [1.82, 2.24) is 10.4 Å². The molecule has 0 fully saturated rings. The highest BCUT2D eigenvalue weighted by atomic mass is 79.9. The van der Waals surface area contributed by atoms with Crippen molar-refractivity contribution in [1.29, 1.82) is 0 Å². The van der Waals surface area contributed by atoms with Crippen LogP contribution in [0.1, 0.15) is 6.42 Å². The number of benzene rings is 2. The average Bonchev–Trinajstić information content (AvgIpc) is 3.03. The van der Waals surface area contributed by atoms with Crippen molar-refractivity contribution < 1.29 is 13.2 Å². The quantitative estimate of drug-likeness (QED) is 0.527. The van der Waals surface area contributed by atoms with Gasteiger partial charge in [-0.1, -0.05) is 29.0 Å². The van der Waals surface area contributed by atoms with Gasteiger partial charge < -0.3 is 0 Å². The number of hydrazine groups is 1. The lowest BCUT2D eigenvalue weighted by Crippen LogP contribution is -2.30. The normalized spacial score (nSPS) is 11.5. The van der Waals surface area contributed by atoms with Crippen molar-refractivity contribution in [3.05, 3.63) is 52.0 Å². The molecule has 2 N–H and O–H groups in total. The summed E-state index contributed by atoms with van der Waals surface area (Å²) in [4.78, 5) is 16.4. The van der Waals surface area contributed by atoms with E-state index in [9.17, 15) is 13.2 Å². The fraction of sp³-hybridized carbons (Fsp3) is 0.125. The van der Waals surface area contributed by atoms with E-state index < -0.39 is 15.7 Å². The molecule has 6 nitrogen and oxygen atoms in total. The van der Waals surface area contributed by atoms with E-state index in [0.717, 1.165) is 14.7 Å². The molecule has 1 heterocycles. The Bertz CT molecular complexity index is 1050. The number of anilines is 1. The molecule has 1 amide bonds. The number of halogens is 2. The molecule has 0 aliphatic heterocycles. The Morgan fingerprint density at radius 1 is 1.19 bits per heavy atom. The molecule has 0 atom stereocenters. The SMILES string of the molecule is O=C(CCS(=O)(=O)c1ccc(Cl)cc1)NNc1nc2c(Br)cccc2s1. The number of amides is 1. The molecule has 3 rings (SSSR count). The van der Waals surface area contributed by atoms with Gasteiger partial charge in [-0.25, -0.2) is 13.4 Å². The number of nitrogens with zero attached hydrogens (tertiary/aromatic N) is 1. The van der Waals surface area contributed by atoms with Crippen LogP contribution in [0.15, 0.2) is 51.8 Å². The largest absolute Gasteiger partial charge is 0.273 e. The Hall–Kier alpha value is -1.68. The summed E-state index contributed by atoms with van der Waals surface area (Å²) in [5, 5.41) is 0.967. The fourth-order valence-electron chi connectivity index (χ4n) is 2.14. The van der Waals surface area contributed by atoms with Gasteiger partial charge in [0.2, 0.25) is 11.0 Å². The third kappa shape index (κ3) is 4.53. The van der Waals surface area contributed by atoms with Crippen LogP contribution < -0.4 is 10.9 Å². The number of nitrogens with one attached hydrogen (secondary N) is 2. The highest BCUT2D eigenvalue weighted by Gasteiger charge is 2.16. The first-order valence-corrected chi connectivity index (χ1v) is 11.1. The number of thiazole rings is 1. The van der Waals surface area contributed by atoms with Gasteiger partial charge in [-0.2, -0.15) is 0 Å². The van der Waals surface area contributed by atoms with Crippen molar-refractivity contribution in [3.8, 4) is 0 Å². The van der Waals surface area contributed by atoms with Gasteiger partial charge in [-0.15, -0.1) is 0 Å². The number of hydrogen-bond acceptors (Lipinski definition) is 6. The highest BCUT2D eigenvalue weighted by Crippen LogP contribution is 2.30. The van der Waals surface area contributed by atoms with Crippen molar-refractivity contribution in [2.45, 2.75) is 11.3 Å². The van der Waals surface area contributed by atoms with Gasteiger partial charge in [0, 0.05) is 15.9 Å². The molecule has 10 heteroatoms. The first-order chi connectivity index (χ1) is 12.3. The standard InChI is InChI=1S/C16H13BrClN3O3S2/c17-12-2-1-3-13-15(12)19-16(25-13)21-20-14(22)8-9-26(23,24)11-6-4-10(18)5-7-11/h1-7H,8-9H2,(H,19,21)(H,20,22). The van der Waals surface area contributed by atoms with Gasteiger partial charge in [0.15, 0.2) is 9.84 Å². The van der Waals surface area contributed by atoms with Crippen LogP contribution in [0.3, 0.4) is 0 Å². The van der Waals surface area contributed by atoms with E-state index in [2.05, 4.69) is 31.8 Å². The molecule has 136 valence electrons. The van der Waals surface area contributed by atoms with Gasteiger partial charge in [-0.3, -0.25) is 15.6 Å². The predicted octanol–water partition coefficient (Wildman–Crippen LogP) is 4.02. The number of carbonyl (C=O) groups excluding carboxylic acids is 1. The second-order valence-electron chi connectivity index (χ2n) is 5.30. The topological polar surface area (TPSA) is 88.2 Å². The second kappa shape index (κ2) is 7.91. The molecule has 0 unspecified atom stereocenters. The Kier molecular flexibility index (Phi) is 5.81. The molecule has 3 aromatic rings. The molecule has 0 spiro atoms. The fourth-order valence-corrected chi connectivity index (χ4v) is 4.94. The maximum atomic E-state index is 12.2. The van der Waals surface area contributed by atoms with Crippen molar-refractivity contribution >= 4 is 70.0 Å².